The third-order valence-electron chi connectivity index (χ3n) is 14.6. The molecular weight excluding hydrogens is 825 g/mol. The van der Waals surface area contributed by atoms with Gasteiger partial charge in [0.1, 0.15) is 30.5 Å². The second-order valence-corrected chi connectivity index (χ2v) is 20.6. The number of ether oxygens (including phenoxy) is 6. The molecule has 1 unspecified atom stereocenters. The van der Waals surface area contributed by atoms with E-state index in [0.29, 0.717) is 18.7 Å². The van der Waals surface area contributed by atoms with E-state index in [1.807, 2.05) is 39.8 Å². The maximum Gasteiger partial charge on any atom is 0.311 e. The van der Waals surface area contributed by atoms with Crippen molar-refractivity contribution in [1.82, 2.24) is 4.90 Å². The molecule has 3 aliphatic heterocycles. The first-order valence-corrected chi connectivity index (χ1v) is 24.7. The van der Waals surface area contributed by atoms with Crippen molar-refractivity contribution >= 4 is 11.7 Å². The van der Waals surface area contributed by atoms with E-state index in [1.165, 1.54) is 59.0 Å². The summed E-state index contributed by atoms with van der Waals surface area (Å²) >= 11 is 0. The van der Waals surface area contributed by atoms with Gasteiger partial charge < -0.3 is 63.7 Å². The quantitative estimate of drug-likeness (QED) is 0.0534. The lowest BCUT2D eigenvalue weighted by Crippen LogP contribution is -2.61. The van der Waals surface area contributed by atoms with Gasteiger partial charge in [-0.1, -0.05) is 91.1 Å². The fourth-order valence-electron chi connectivity index (χ4n) is 10.4. The molecule has 376 valence electrons. The van der Waals surface area contributed by atoms with Crippen LogP contribution in [0.25, 0.3) is 0 Å². The Hall–Kier alpha value is -1.50. The number of carbonyl (C=O) groups is 1. The number of aliphatic hydroxyl groups excluding tert-OH is 3. The van der Waals surface area contributed by atoms with Gasteiger partial charge in [-0.25, -0.2) is 0 Å². The predicted octanol–water partition coefficient (Wildman–Crippen LogP) is 6.51. The summed E-state index contributed by atoms with van der Waals surface area (Å²) in [6.07, 6.45) is 2.62. The van der Waals surface area contributed by atoms with E-state index in [-0.39, 0.29) is 31.4 Å². The van der Waals surface area contributed by atoms with Crippen LogP contribution in [0, 0.1) is 23.7 Å². The molecule has 0 aliphatic carbocycles. The highest BCUT2D eigenvalue weighted by Gasteiger charge is 2.53. The number of cyclic esters (lactones) is 1. The summed E-state index contributed by atoms with van der Waals surface area (Å²) in [5.74, 6) is -3.90. The molecule has 15 heteroatoms. The van der Waals surface area contributed by atoms with E-state index in [4.69, 9.17) is 33.3 Å². The molecule has 3 rings (SSSR count). The first-order valence-electron chi connectivity index (χ1n) is 24.7. The van der Waals surface area contributed by atoms with Crippen LogP contribution in [0.3, 0.4) is 0 Å². The highest BCUT2D eigenvalue weighted by molar-refractivity contribution is 5.88. The Morgan fingerprint density at radius 1 is 0.797 bits per heavy atom. The first kappa shape index (κ1) is 56.8. The van der Waals surface area contributed by atoms with Crippen LogP contribution in [0.1, 0.15) is 166 Å². The van der Waals surface area contributed by atoms with Crippen molar-refractivity contribution in [1.29, 1.82) is 0 Å². The number of aliphatic hydroxyl groups is 5. The molecule has 3 aliphatic rings. The summed E-state index contributed by atoms with van der Waals surface area (Å²) in [4.78, 5) is 22.3. The van der Waals surface area contributed by atoms with Gasteiger partial charge in [-0.3, -0.25) is 4.79 Å². The summed E-state index contributed by atoms with van der Waals surface area (Å²) in [6, 6.07) is -0.310. The van der Waals surface area contributed by atoms with Crippen molar-refractivity contribution in [3.63, 3.8) is 0 Å². The maximum absolute atomic E-state index is 14.4. The predicted molar refractivity (Wildman–Crippen MR) is 246 cm³/mol. The van der Waals surface area contributed by atoms with Gasteiger partial charge in [0.05, 0.1) is 53.4 Å². The zero-order valence-electron chi connectivity index (χ0n) is 42.2. The summed E-state index contributed by atoms with van der Waals surface area (Å²) in [7, 11) is 5.27. The minimum Gasteiger partial charge on any atom is -0.459 e. The van der Waals surface area contributed by atoms with Crippen LogP contribution in [-0.2, 0) is 38.1 Å². The molecule has 0 radical (unpaired) electrons. The monoisotopic (exact) mass is 917 g/mol. The smallest absolute Gasteiger partial charge is 0.311 e. The number of esters is 1. The van der Waals surface area contributed by atoms with E-state index < -0.39 is 102 Å². The Morgan fingerprint density at radius 2 is 1.39 bits per heavy atom. The number of unbranched alkanes of at least 4 members (excludes halogenated alkanes) is 9. The van der Waals surface area contributed by atoms with Crippen LogP contribution in [0.15, 0.2) is 5.16 Å². The van der Waals surface area contributed by atoms with Crippen molar-refractivity contribution in [2.45, 2.75) is 250 Å². The molecule has 5 N–H and O–H groups in total. The van der Waals surface area contributed by atoms with Crippen molar-refractivity contribution in [3.8, 4) is 0 Å². The van der Waals surface area contributed by atoms with Gasteiger partial charge in [0.2, 0.25) is 0 Å². The van der Waals surface area contributed by atoms with Gasteiger partial charge in [-0.15, -0.1) is 0 Å². The molecule has 0 aromatic heterocycles. The molecule has 0 spiro atoms. The van der Waals surface area contributed by atoms with Crippen LogP contribution < -0.4 is 0 Å². The Kier molecular flexibility index (Phi) is 22.9. The van der Waals surface area contributed by atoms with Crippen molar-refractivity contribution in [2.24, 2.45) is 28.8 Å². The van der Waals surface area contributed by atoms with E-state index in [9.17, 15) is 30.3 Å². The van der Waals surface area contributed by atoms with Crippen molar-refractivity contribution < 1.29 is 63.6 Å². The number of rotatable bonds is 19. The van der Waals surface area contributed by atoms with Crippen molar-refractivity contribution in [3.05, 3.63) is 0 Å². The lowest BCUT2D eigenvalue weighted by molar-refractivity contribution is -0.317. The molecule has 0 amide bonds. The maximum atomic E-state index is 14.4. The summed E-state index contributed by atoms with van der Waals surface area (Å²) in [5, 5.41) is 64.4. The summed E-state index contributed by atoms with van der Waals surface area (Å²) < 4.78 is 38.0. The number of likely N-dealkylation sites (N-methyl/N-ethyl adjacent to an activating group) is 1. The Morgan fingerprint density at radius 3 is 1.95 bits per heavy atom. The molecule has 15 nitrogen and oxygen atoms in total. The molecule has 0 aromatic carbocycles. The van der Waals surface area contributed by atoms with Gasteiger partial charge in [0.25, 0.3) is 0 Å². The van der Waals surface area contributed by atoms with Crippen LogP contribution in [0.2, 0.25) is 0 Å². The lowest BCUT2D eigenvalue weighted by atomic mass is 9.73. The van der Waals surface area contributed by atoms with Crippen LogP contribution in [0.5, 0.6) is 0 Å². The molecular formula is C49H92N2O13. The number of hydrogen-bond acceptors (Lipinski definition) is 15. The summed E-state index contributed by atoms with van der Waals surface area (Å²) in [5.41, 5.74) is -4.27. The fraction of sp³-hybridized carbons (Fsp3) is 0.959. The van der Waals surface area contributed by atoms with Crippen LogP contribution in [-0.4, -0.2) is 154 Å². The lowest BCUT2D eigenvalue weighted by Gasteiger charge is -2.49. The highest BCUT2D eigenvalue weighted by atomic mass is 16.7. The molecule has 3 fully saturated rings. The third kappa shape index (κ3) is 15.0. The Labute approximate surface area is 386 Å². The van der Waals surface area contributed by atoms with Crippen LogP contribution in [0.4, 0.5) is 0 Å². The highest BCUT2D eigenvalue weighted by Crippen LogP contribution is 2.41. The van der Waals surface area contributed by atoms with Crippen LogP contribution >= 0.6 is 0 Å². The van der Waals surface area contributed by atoms with Gasteiger partial charge in [0, 0.05) is 37.3 Å². The molecule has 0 bridgehead atoms. The molecule has 0 aromatic rings. The molecule has 64 heavy (non-hydrogen) atoms. The minimum atomic E-state index is -1.92. The SMILES string of the molecule is CCCCCCCCCCCCO/N=C1\[C@H](C)C[C@@](C)(O)C(O[C@@H]2O[C@H](C)C[C@H](N(C)C)[C@H]2O)[C@@H](C)[C@H](O[C@H]2C[C@@](C)(OC)[C@@H](O)[C@H](C)O2)[C@@H](C)C(=O)O[C@H](CC)[C@@](C)(O)[C@H](O)[C@H]1C. The average molecular weight is 917 g/mol. The van der Waals surface area contributed by atoms with E-state index in [1.54, 1.807) is 41.5 Å². The second-order valence-electron chi connectivity index (χ2n) is 20.6. The minimum absolute atomic E-state index is 0.0325. The Bertz CT molecular complexity index is 1400. The number of nitrogens with zero attached hydrogens (tertiary/aromatic N) is 2. The second kappa shape index (κ2) is 25.7. The largest absolute Gasteiger partial charge is 0.459 e. The number of oxime groups is 1. The number of hydrogen-bond donors (Lipinski definition) is 5. The Balaban J connectivity index is 2.08. The fourth-order valence-corrected chi connectivity index (χ4v) is 10.4. The topological polar surface area (TPSA) is 198 Å². The molecule has 0 saturated carbocycles. The van der Waals surface area contributed by atoms with Gasteiger partial charge >= 0.3 is 5.97 Å². The molecule has 3 saturated heterocycles. The van der Waals surface area contributed by atoms with E-state index in [0.717, 1.165) is 19.3 Å². The third-order valence-corrected chi connectivity index (χ3v) is 14.6. The molecule has 18 atom stereocenters. The van der Waals surface area contributed by atoms with Gasteiger partial charge in [0.15, 0.2) is 12.6 Å². The van der Waals surface area contributed by atoms with Gasteiger partial charge in [-0.05, 0) is 87.7 Å². The zero-order chi connectivity index (χ0) is 48.2. The normalized spacial score (nSPS) is 42.7. The molecule has 3 heterocycles. The zero-order valence-corrected chi connectivity index (χ0v) is 42.2. The standard InChI is InChI=1S/C49H92N2O13/c1-15-17-18-19-20-21-22-23-24-25-26-59-50-39-30(3)28-47(9,56)44(64-46-40(52)36(51(12)13)27-31(4)60-46)33(6)41(63-38-29-48(10,58-14)43(54)35(8)61-38)34(7)45(55)62-37(16-2)49(11,57)42(53)32(39)5/h30-38,40-44,46,52-54,56-57H,15-29H2,1-14H3/b50-39+/t30-,31-,32+,33+,34-,35+,36+,37-,38+,40-,41+,42-,43+,44?,46+,47-,48-,49-/m1/s1. The van der Waals surface area contributed by atoms with Gasteiger partial charge in [-0.2, -0.15) is 0 Å². The average Bonchev–Trinajstić information content (AvgIpc) is 3.23. The first-order chi connectivity index (χ1) is 30.0. The van der Waals surface area contributed by atoms with E-state index >= 15 is 0 Å². The van der Waals surface area contributed by atoms with Crippen molar-refractivity contribution in [2.75, 3.05) is 27.8 Å². The van der Waals surface area contributed by atoms with E-state index in [2.05, 4.69) is 12.1 Å². The number of methoxy groups -OCH3 is 1. The summed E-state index contributed by atoms with van der Waals surface area (Å²) in [6.45, 7) is 20.0. The number of carbonyl (C=O) groups excluding carboxylic acids is 1.